The zero-order chi connectivity index (χ0) is 36.6. The van der Waals surface area contributed by atoms with Crippen LogP contribution in [0.25, 0.3) is 33.0 Å². The number of hydrogen-bond acceptors (Lipinski definition) is 2. The minimum absolute atomic E-state index is 1.16. The van der Waals surface area contributed by atoms with Crippen molar-refractivity contribution in [3.63, 3.8) is 0 Å². The second-order valence-electron chi connectivity index (χ2n) is 15.9. The fraction of sp³-hybridized carbons (Fsp3) is 0.0800. The van der Waals surface area contributed by atoms with E-state index in [0.29, 0.717) is 0 Å². The fourth-order valence-electron chi connectivity index (χ4n) is 9.20. The number of fused-ring (bicyclic) bond motifs is 7. The monoisotopic (exact) mass is 726 g/mol. The van der Waals surface area contributed by atoms with Gasteiger partial charge in [0.25, 0.3) is 0 Å². The molecule has 0 amide bonds. The van der Waals surface area contributed by atoms with Gasteiger partial charge in [-0.15, -0.1) is 0 Å². The maximum absolute atomic E-state index is 2.56. The molecule has 0 N–H and O–H groups in total. The van der Waals surface area contributed by atoms with E-state index in [1.807, 2.05) is 0 Å². The summed E-state index contributed by atoms with van der Waals surface area (Å²) in [5, 5.41) is 8.84. The van der Waals surface area contributed by atoms with Crippen LogP contribution in [0.1, 0.15) is 0 Å². The van der Waals surface area contributed by atoms with Gasteiger partial charge in [0.15, 0.2) is 0 Å². The lowest BCUT2D eigenvalue weighted by atomic mass is 9.97. The highest BCUT2D eigenvalue weighted by molar-refractivity contribution is 7.04. The number of benzene rings is 8. The molecule has 8 aromatic carbocycles. The first kappa shape index (κ1) is 32.7. The van der Waals surface area contributed by atoms with Crippen LogP contribution in [0.15, 0.2) is 182 Å². The fourth-order valence-corrected chi connectivity index (χ4v) is 15.3. The Morgan fingerprint density at radius 1 is 0.278 bits per heavy atom. The van der Waals surface area contributed by atoms with E-state index >= 15 is 0 Å². The Balaban J connectivity index is 1.13. The van der Waals surface area contributed by atoms with Crippen LogP contribution >= 0.6 is 0 Å². The average Bonchev–Trinajstić information content (AvgIpc) is 3.56. The van der Waals surface area contributed by atoms with Gasteiger partial charge in [-0.25, -0.2) is 0 Å². The third kappa shape index (κ3) is 5.05. The van der Waals surface area contributed by atoms with Crippen LogP contribution in [0.2, 0.25) is 26.2 Å². The molecule has 0 spiro atoms. The molecule has 8 aromatic rings. The second kappa shape index (κ2) is 12.3. The molecule has 0 radical (unpaired) electrons. The van der Waals surface area contributed by atoms with E-state index in [-0.39, 0.29) is 0 Å². The van der Waals surface area contributed by atoms with Crippen molar-refractivity contribution in [2.75, 3.05) is 9.80 Å². The standard InChI is InChI=1S/C50H42N2Si2/c1-53(2)47-27-25-41(51(37-17-9-5-10-18-37)38-19-11-6-12-20-38)33-45(47)43-29-35-30-44-46-34-42(52(39-21-13-7-14-22-39)40-23-15-8-16-24-40)26-28-48(46)54(3,4)50(44)32-36(35)31-49(43)53/h5-34H,1-4H3. The molecule has 0 atom stereocenters. The Hall–Kier alpha value is -5.95. The number of para-hydroxylation sites is 4. The predicted molar refractivity (Wildman–Crippen MR) is 238 cm³/mol. The van der Waals surface area contributed by atoms with Crippen LogP contribution in [0.3, 0.4) is 0 Å². The van der Waals surface area contributed by atoms with Crippen molar-refractivity contribution in [1.29, 1.82) is 0 Å². The average molecular weight is 727 g/mol. The summed E-state index contributed by atoms with van der Waals surface area (Å²) in [7, 11) is -3.87. The van der Waals surface area contributed by atoms with E-state index in [0.717, 1.165) is 22.7 Å². The van der Waals surface area contributed by atoms with Crippen molar-refractivity contribution in [2.24, 2.45) is 0 Å². The molecule has 2 heterocycles. The molecule has 0 aromatic heterocycles. The van der Waals surface area contributed by atoms with Crippen molar-refractivity contribution in [3.05, 3.63) is 182 Å². The summed E-state index contributed by atoms with van der Waals surface area (Å²) in [6.45, 7) is 10.1. The molecule has 0 aliphatic carbocycles. The molecule has 0 fully saturated rings. The van der Waals surface area contributed by atoms with E-state index in [2.05, 4.69) is 218 Å². The lowest BCUT2D eigenvalue weighted by Gasteiger charge is -2.26. The molecule has 2 aliphatic heterocycles. The van der Waals surface area contributed by atoms with Gasteiger partial charge in [-0.3, -0.25) is 0 Å². The van der Waals surface area contributed by atoms with E-state index in [1.165, 1.54) is 54.8 Å². The summed E-state index contributed by atoms with van der Waals surface area (Å²) in [5.74, 6) is 0. The highest BCUT2D eigenvalue weighted by Crippen LogP contribution is 2.42. The van der Waals surface area contributed by atoms with Gasteiger partial charge in [0.1, 0.15) is 16.1 Å². The Labute approximate surface area is 320 Å². The lowest BCUT2D eigenvalue weighted by molar-refractivity contribution is 1.29. The Morgan fingerprint density at radius 2 is 0.574 bits per heavy atom. The van der Waals surface area contributed by atoms with Crippen molar-refractivity contribution in [2.45, 2.75) is 26.2 Å². The van der Waals surface area contributed by atoms with Crippen molar-refractivity contribution in [1.82, 2.24) is 0 Å². The topological polar surface area (TPSA) is 6.48 Å². The molecule has 2 aliphatic rings. The molecule has 2 nitrogen and oxygen atoms in total. The molecular formula is C50H42N2Si2. The van der Waals surface area contributed by atoms with Crippen LogP contribution < -0.4 is 30.5 Å². The molecule has 0 saturated carbocycles. The maximum Gasteiger partial charge on any atom is 0.113 e. The van der Waals surface area contributed by atoms with E-state index < -0.39 is 16.1 Å². The SMILES string of the molecule is C[Si]1(C)c2ccc(N(c3ccccc3)c3ccccc3)cc2-c2cc3cc4c(cc3cc21)[Si](C)(C)c1ccc(N(c2ccccc2)c2ccccc2)cc1-4. The highest BCUT2D eigenvalue weighted by atomic mass is 28.3. The zero-order valence-electron chi connectivity index (χ0n) is 31.2. The van der Waals surface area contributed by atoms with Gasteiger partial charge in [-0.05, 0) is 139 Å². The minimum Gasteiger partial charge on any atom is -0.310 e. The normalized spacial score (nSPS) is 14.2. The Bertz CT molecular complexity index is 2440. The maximum atomic E-state index is 2.56. The second-order valence-corrected chi connectivity index (χ2v) is 24.5. The molecule has 0 bridgehead atoms. The van der Waals surface area contributed by atoms with E-state index in [9.17, 15) is 0 Å². The summed E-state index contributed by atoms with van der Waals surface area (Å²) in [5.41, 5.74) is 12.6. The summed E-state index contributed by atoms with van der Waals surface area (Å²) < 4.78 is 0. The molecular weight excluding hydrogens is 685 g/mol. The van der Waals surface area contributed by atoms with Gasteiger partial charge in [0.05, 0.1) is 0 Å². The van der Waals surface area contributed by atoms with Crippen LogP contribution in [0.5, 0.6) is 0 Å². The molecule has 54 heavy (non-hydrogen) atoms. The number of rotatable bonds is 6. The van der Waals surface area contributed by atoms with Crippen molar-refractivity contribution >= 4 is 81.8 Å². The van der Waals surface area contributed by atoms with Gasteiger partial charge >= 0.3 is 0 Å². The molecule has 4 heteroatoms. The van der Waals surface area contributed by atoms with Gasteiger partial charge in [0, 0.05) is 34.1 Å². The van der Waals surface area contributed by atoms with Crippen LogP contribution in [-0.4, -0.2) is 16.1 Å². The van der Waals surface area contributed by atoms with E-state index in [4.69, 9.17) is 0 Å². The molecule has 260 valence electrons. The highest BCUT2D eigenvalue weighted by Gasteiger charge is 2.41. The molecule has 0 unspecified atom stereocenters. The summed E-state index contributed by atoms with van der Waals surface area (Å²) in [6.07, 6.45) is 0. The summed E-state index contributed by atoms with van der Waals surface area (Å²) in [4.78, 5) is 4.77. The third-order valence-corrected chi connectivity index (χ3v) is 19.1. The predicted octanol–water partition coefficient (Wildman–Crippen LogP) is 11.4. The lowest BCUT2D eigenvalue weighted by Crippen LogP contribution is -2.49. The Morgan fingerprint density at radius 3 is 0.907 bits per heavy atom. The quantitative estimate of drug-likeness (QED) is 0.157. The number of anilines is 6. The van der Waals surface area contributed by atoms with Gasteiger partial charge in [0.2, 0.25) is 0 Å². The smallest absolute Gasteiger partial charge is 0.113 e. The van der Waals surface area contributed by atoms with Crippen LogP contribution in [-0.2, 0) is 0 Å². The minimum atomic E-state index is -1.94. The first-order chi connectivity index (χ1) is 26.3. The van der Waals surface area contributed by atoms with E-state index in [1.54, 1.807) is 10.4 Å². The van der Waals surface area contributed by atoms with Crippen molar-refractivity contribution < 1.29 is 0 Å². The van der Waals surface area contributed by atoms with Crippen LogP contribution in [0.4, 0.5) is 34.1 Å². The van der Waals surface area contributed by atoms with Gasteiger partial charge in [-0.1, -0.05) is 123 Å². The first-order valence-corrected chi connectivity index (χ1v) is 25.0. The largest absolute Gasteiger partial charge is 0.310 e. The first-order valence-electron chi connectivity index (χ1n) is 19.0. The molecule has 0 saturated heterocycles. The molecule has 10 rings (SSSR count). The summed E-state index contributed by atoms with van der Waals surface area (Å²) in [6, 6.07) is 67.6. The third-order valence-electron chi connectivity index (χ3n) is 12.0. The Kier molecular flexibility index (Phi) is 7.45. The number of hydrogen-bond donors (Lipinski definition) is 0. The zero-order valence-corrected chi connectivity index (χ0v) is 33.2. The van der Waals surface area contributed by atoms with Gasteiger partial charge in [-0.2, -0.15) is 0 Å². The summed E-state index contributed by atoms with van der Waals surface area (Å²) >= 11 is 0. The number of nitrogens with zero attached hydrogens (tertiary/aromatic N) is 2. The van der Waals surface area contributed by atoms with Crippen LogP contribution in [0, 0.1) is 0 Å². The van der Waals surface area contributed by atoms with Crippen molar-refractivity contribution in [3.8, 4) is 22.3 Å². The van der Waals surface area contributed by atoms with Gasteiger partial charge < -0.3 is 9.80 Å².